The third-order valence-electron chi connectivity index (χ3n) is 3.65. The second-order valence-electron chi connectivity index (χ2n) is 5.40. The predicted octanol–water partition coefficient (Wildman–Crippen LogP) is 5.56. The molecule has 0 aliphatic heterocycles. The van der Waals surface area contributed by atoms with Crippen LogP contribution in [0.5, 0.6) is 0 Å². The third-order valence-corrected chi connectivity index (χ3v) is 4.92. The average molecular weight is 287 g/mol. The molecule has 1 heterocycles. The largest absolute Gasteiger partial charge is 0.323 e. The van der Waals surface area contributed by atoms with Gasteiger partial charge < -0.3 is 5.73 Å². The van der Waals surface area contributed by atoms with Crippen LogP contribution in [0.25, 0.3) is 10.4 Å². The Bertz CT molecular complexity index is 512. The van der Waals surface area contributed by atoms with Gasteiger partial charge in [-0.15, -0.1) is 11.3 Å². The van der Waals surface area contributed by atoms with Crippen molar-refractivity contribution in [3.8, 4) is 10.4 Å². The molecule has 0 saturated heterocycles. The molecule has 0 fully saturated rings. The second kappa shape index (κ2) is 7.61. The third kappa shape index (κ3) is 3.94. The maximum atomic E-state index is 6.19. The van der Waals surface area contributed by atoms with Crippen molar-refractivity contribution in [1.82, 2.24) is 0 Å². The van der Waals surface area contributed by atoms with Crippen molar-refractivity contribution in [2.24, 2.45) is 5.73 Å². The topological polar surface area (TPSA) is 26.0 Å². The first-order chi connectivity index (χ1) is 9.74. The van der Waals surface area contributed by atoms with Crippen molar-refractivity contribution >= 4 is 11.3 Å². The monoisotopic (exact) mass is 287 g/mol. The number of nitrogens with two attached hydrogens (primary N) is 1. The number of hydrogen-bond acceptors (Lipinski definition) is 2. The van der Waals surface area contributed by atoms with E-state index in [0.29, 0.717) is 0 Å². The van der Waals surface area contributed by atoms with E-state index in [-0.39, 0.29) is 6.04 Å². The molecule has 1 atom stereocenters. The summed E-state index contributed by atoms with van der Waals surface area (Å²) in [5.74, 6) is 0. The summed E-state index contributed by atoms with van der Waals surface area (Å²) in [6.45, 7) is 4.42. The van der Waals surface area contributed by atoms with Crippen LogP contribution in [-0.2, 0) is 6.42 Å². The van der Waals surface area contributed by atoms with E-state index in [1.807, 2.05) is 11.3 Å². The fourth-order valence-electron chi connectivity index (χ4n) is 2.38. The summed E-state index contributed by atoms with van der Waals surface area (Å²) >= 11 is 1.83. The molecule has 0 aliphatic carbocycles. The van der Waals surface area contributed by atoms with Crippen molar-refractivity contribution < 1.29 is 0 Å². The minimum Gasteiger partial charge on any atom is -0.323 e. The molecule has 1 aromatic heterocycles. The van der Waals surface area contributed by atoms with Gasteiger partial charge in [-0.3, -0.25) is 0 Å². The maximum absolute atomic E-state index is 6.19. The minimum atomic E-state index is 0.197. The molecular weight excluding hydrogens is 262 g/mol. The molecule has 2 N–H and O–H groups in total. The molecule has 0 saturated carbocycles. The van der Waals surface area contributed by atoms with Crippen LogP contribution in [0.1, 0.15) is 56.0 Å². The lowest BCUT2D eigenvalue weighted by Crippen LogP contribution is -2.07. The summed E-state index contributed by atoms with van der Waals surface area (Å²) < 4.78 is 0. The molecule has 0 radical (unpaired) electrons. The molecule has 0 bridgehead atoms. The first-order valence-corrected chi connectivity index (χ1v) is 8.50. The normalized spacial score (nSPS) is 12.6. The van der Waals surface area contributed by atoms with Gasteiger partial charge in [0.1, 0.15) is 0 Å². The molecular formula is C18H25NS. The lowest BCUT2D eigenvalue weighted by molar-refractivity contribution is 0.648. The van der Waals surface area contributed by atoms with E-state index in [1.54, 1.807) is 0 Å². The molecule has 2 rings (SSSR count). The Labute approximate surface area is 126 Å². The van der Waals surface area contributed by atoms with Gasteiger partial charge in [-0.25, -0.2) is 0 Å². The Morgan fingerprint density at radius 3 is 2.40 bits per heavy atom. The van der Waals surface area contributed by atoms with Gasteiger partial charge in [-0.1, -0.05) is 51.0 Å². The summed E-state index contributed by atoms with van der Waals surface area (Å²) in [6.07, 6.45) is 5.92. The molecule has 0 amide bonds. The van der Waals surface area contributed by atoms with Gasteiger partial charge in [0.15, 0.2) is 0 Å². The fraction of sp³-hybridized carbons (Fsp3) is 0.444. The summed E-state index contributed by atoms with van der Waals surface area (Å²) in [5.41, 5.74) is 8.94. The zero-order chi connectivity index (χ0) is 14.4. The highest BCUT2D eigenvalue weighted by Gasteiger charge is 2.09. The Morgan fingerprint density at radius 2 is 1.75 bits per heavy atom. The Hall–Kier alpha value is -1.12. The average Bonchev–Trinajstić information content (AvgIpc) is 2.96. The zero-order valence-electron chi connectivity index (χ0n) is 12.6. The summed E-state index contributed by atoms with van der Waals surface area (Å²) in [6, 6.07) is 13.6. The molecule has 2 heteroatoms. The van der Waals surface area contributed by atoms with E-state index < -0.39 is 0 Å². The summed E-state index contributed by atoms with van der Waals surface area (Å²) in [5, 5.41) is 0. The first kappa shape index (κ1) is 15.3. The molecule has 20 heavy (non-hydrogen) atoms. The van der Waals surface area contributed by atoms with Crippen LogP contribution in [0.3, 0.4) is 0 Å². The van der Waals surface area contributed by atoms with Gasteiger partial charge >= 0.3 is 0 Å². The van der Waals surface area contributed by atoms with Crippen LogP contribution in [0, 0.1) is 0 Å². The second-order valence-corrected chi connectivity index (χ2v) is 6.51. The van der Waals surface area contributed by atoms with Crippen molar-refractivity contribution in [2.75, 3.05) is 0 Å². The first-order valence-electron chi connectivity index (χ1n) is 7.69. The number of rotatable bonds is 7. The highest BCUT2D eigenvalue weighted by Crippen LogP contribution is 2.32. The smallest absolute Gasteiger partial charge is 0.0389 e. The number of unbranched alkanes of at least 4 members (excludes halogenated alkanes) is 1. The molecule has 1 aromatic carbocycles. The highest BCUT2D eigenvalue weighted by atomic mass is 32.1. The van der Waals surface area contributed by atoms with E-state index in [9.17, 15) is 0 Å². The Morgan fingerprint density at radius 1 is 1.00 bits per heavy atom. The molecule has 0 aliphatic rings. The number of benzene rings is 1. The summed E-state index contributed by atoms with van der Waals surface area (Å²) in [7, 11) is 0. The van der Waals surface area contributed by atoms with E-state index in [0.717, 1.165) is 12.8 Å². The molecule has 1 nitrogen and oxygen atoms in total. The predicted molar refractivity (Wildman–Crippen MR) is 90.2 cm³/mol. The van der Waals surface area contributed by atoms with Crippen LogP contribution in [0.2, 0.25) is 0 Å². The molecule has 108 valence electrons. The maximum Gasteiger partial charge on any atom is 0.0389 e. The van der Waals surface area contributed by atoms with Gasteiger partial charge in [0, 0.05) is 15.8 Å². The van der Waals surface area contributed by atoms with Crippen LogP contribution in [-0.4, -0.2) is 0 Å². The Kier molecular flexibility index (Phi) is 5.81. The van der Waals surface area contributed by atoms with Crippen LogP contribution in [0.15, 0.2) is 36.4 Å². The van der Waals surface area contributed by atoms with E-state index >= 15 is 0 Å². The summed E-state index contributed by atoms with van der Waals surface area (Å²) in [4.78, 5) is 2.63. The Balaban J connectivity index is 2.07. The lowest BCUT2D eigenvalue weighted by Gasteiger charge is -2.06. The standard InChI is InChI=1S/C18H25NS/c1-3-5-7-14-8-10-15(11-9-14)17-12-13-18(20-17)16(19)6-4-2/h8-13,16H,3-7,19H2,1-2H3. The molecule has 2 aromatic rings. The minimum absolute atomic E-state index is 0.197. The number of thiophene rings is 1. The van der Waals surface area contributed by atoms with Gasteiger partial charge in [-0.05, 0) is 42.5 Å². The van der Waals surface area contributed by atoms with Crippen LogP contribution in [0.4, 0.5) is 0 Å². The van der Waals surface area contributed by atoms with Gasteiger partial charge in [-0.2, -0.15) is 0 Å². The lowest BCUT2D eigenvalue weighted by atomic mass is 10.1. The van der Waals surface area contributed by atoms with Crippen LogP contribution >= 0.6 is 11.3 Å². The van der Waals surface area contributed by atoms with E-state index in [4.69, 9.17) is 5.73 Å². The van der Waals surface area contributed by atoms with Crippen molar-refractivity contribution in [2.45, 2.75) is 52.0 Å². The van der Waals surface area contributed by atoms with Gasteiger partial charge in [0.25, 0.3) is 0 Å². The fourth-order valence-corrected chi connectivity index (χ4v) is 3.43. The number of hydrogen-bond donors (Lipinski definition) is 1. The van der Waals surface area contributed by atoms with Gasteiger partial charge in [0.05, 0.1) is 0 Å². The van der Waals surface area contributed by atoms with E-state index in [1.165, 1.54) is 40.1 Å². The zero-order valence-corrected chi connectivity index (χ0v) is 13.4. The molecule has 1 unspecified atom stereocenters. The van der Waals surface area contributed by atoms with Gasteiger partial charge in [0.2, 0.25) is 0 Å². The van der Waals surface area contributed by atoms with E-state index in [2.05, 4.69) is 50.2 Å². The van der Waals surface area contributed by atoms with Crippen molar-refractivity contribution in [3.63, 3.8) is 0 Å². The van der Waals surface area contributed by atoms with Crippen LogP contribution < -0.4 is 5.73 Å². The highest BCUT2D eigenvalue weighted by molar-refractivity contribution is 7.15. The van der Waals surface area contributed by atoms with Crippen molar-refractivity contribution in [1.29, 1.82) is 0 Å². The van der Waals surface area contributed by atoms with Crippen molar-refractivity contribution in [3.05, 3.63) is 46.8 Å². The SMILES string of the molecule is CCCCc1ccc(-c2ccc(C(N)CCC)s2)cc1. The quantitative estimate of drug-likeness (QED) is 0.709. The molecule has 0 spiro atoms. The number of aryl methyl sites for hydroxylation is 1.